The van der Waals surface area contributed by atoms with E-state index in [0.29, 0.717) is 31.1 Å². The number of oxazole rings is 1. The van der Waals surface area contributed by atoms with Crippen LogP contribution >= 0.6 is 0 Å². The summed E-state index contributed by atoms with van der Waals surface area (Å²) in [5.41, 5.74) is 0.919. The number of ether oxygens (including phenoxy) is 2. The first-order valence-electron chi connectivity index (χ1n) is 7.49. The number of carbonyl (C=O) groups is 1. The molecule has 0 aliphatic heterocycles. The molecule has 1 atom stereocenters. The van der Waals surface area contributed by atoms with Gasteiger partial charge in [-0.3, -0.25) is 4.79 Å². The fraction of sp³-hybridized carbons (Fsp3) is 0.412. The highest BCUT2D eigenvalue weighted by molar-refractivity contribution is 5.76. The fourth-order valence-corrected chi connectivity index (χ4v) is 2.17. The molecule has 0 radical (unpaired) electrons. The summed E-state index contributed by atoms with van der Waals surface area (Å²) in [6, 6.07) is 7.53. The molecule has 0 fully saturated rings. The molecule has 1 heterocycles. The molecule has 0 aliphatic rings. The average molecular weight is 318 g/mol. The predicted molar refractivity (Wildman–Crippen MR) is 86.3 cm³/mol. The van der Waals surface area contributed by atoms with Gasteiger partial charge in [-0.05, 0) is 31.2 Å². The Hall–Kier alpha value is -2.34. The maximum Gasteiger partial charge on any atom is 0.220 e. The zero-order valence-corrected chi connectivity index (χ0v) is 13.7. The smallest absolute Gasteiger partial charge is 0.220 e. The molecule has 0 saturated heterocycles. The molecule has 2 aromatic rings. The molecule has 2 rings (SSSR count). The van der Waals surface area contributed by atoms with Crippen molar-refractivity contribution in [3.63, 3.8) is 0 Å². The summed E-state index contributed by atoms with van der Waals surface area (Å²) < 4.78 is 15.8. The van der Waals surface area contributed by atoms with E-state index < -0.39 is 0 Å². The van der Waals surface area contributed by atoms with Gasteiger partial charge in [0.05, 0.1) is 19.9 Å². The van der Waals surface area contributed by atoms with E-state index >= 15 is 0 Å². The van der Waals surface area contributed by atoms with E-state index in [9.17, 15) is 4.79 Å². The van der Waals surface area contributed by atoms with Crippen LogP contribution in [-0.4, -0.2) is 37.8 Å². The Morgan fingerprint density at radius 3 is 2.70 bits per heavy atom. The van der Waals surface area contributed by atoms with Crippen LogP contribution in [0.3, 0.4) is 0 Å². The van der Waals surface area contributed by atoms with Gasteiger partial charge in [0, 0.05) is 31.6 Å². The Kier molecular flexibility index (Phi) is 6.17. The number of nitrogens with zero attached hydrogens (tertiary/aromatic N) is 1. The lowest BCUT2D eigenvalue weighted by molar-refractivity contribution is -0.122. The van der Waals surface area contributed by atoms with E-state index in [1.54, 1.807) is 20.4 Å². The third kappa shape index (κ3) is 5.10. The molecule has 23 heavy (non-hydrogen) atoms. The highest BCUT2D eigenvalue weighted by atomic mass is 16.5. The molecule has 0 bridgehead atoms. The average Bonchev–Trinajstić information content (AvgIpc) is 3.02. The second kappa shape index (κ2) is 8.33. The molecule has 1 amide bonds. The monoisotopic (exact) mass is 318 g/mol. The zero-order valence-electron chi connectivity index (χ0n) is 13.7. The molecule has 1 aromatic carbocycles. The van der Waals surface area contributed by atoms with Gasteiger partial charge in [-0.2, -0.15) is 0 Å². The van der Waals surface area contributed by atoms with Gasteiger partial charge in [0.25, 0.3) is 0 Å². The molecule has 1 N–H and O–H groups in total. The van der Waals surface area contributed by atoms with E-state index in [1.807, 2.05) is 31.2 Å². The number of carbonyl (C=O) groups excluding carboxylic acids is 1. The molecule has 124 valence electrons. The largest absolute Gasteiger partial charge is 0.497 e. The topological polar surface area (TPSA) is 73.6 Å². The van der Waals surface area contributed by atoms with Crippen LogP contribution in [0.2, 0.25) is 0 Å². The van der Waals surface area contributed by atoms with Crippen molar-refractivity contribution in [2.75, 3.05) is 20.8 Å². The Labute approximate surface area is 135 Å². The Bertz CT molecular complexity index is 622. The van der Waals surface area contributed by atoms with Crippen molar-refractivity contribution >= 4 is 5.91 Å². The Morgan fingerprint density at radius 1 is 1.30 bits per heavy atom. The minimum Gasteiger partial charge on any atom is -0.497 e. The maximum absolute atomic E-state index is 11.8. The standard InChI is InChI=1S/C17H22N2O4/c1-12(11-21-2)19-16(20)8-9-17-18-10-15(23-17)13-4-6-14(22-3)7-5-13/h4-7,10,12H,8-9,11H2,1-3H3,(H,19,20)/t12-/m0/s1. The van der Waals surface area contributed by atoms with Crippen molar-refractivity contribution in [3.05, 3.63) is 36.4 Å². The van der Waals surface area contributed by atoms with Crippen LogP contribution in [0.4, 0.5) is 0 Å². The summed E-state index contributed by atoms with van der Waals surface area (Å²) >= 11 is 0. The number of hydrogen-bond acceptors (Lipinski definition) is 5. The van der Waals surface area contributed by atoms with Crippen molar-refractivity contribution in [3.8, 4) is 17.1 Å². The molecule has 0 aliphatic carbocycles. The molecule has 6 heteroatoms. The summed E-state index contributed by atoms with van der Waals surface area (Å²) in [5.74, 6) is 1.97. The molecule has 0 spiro atoms. The van der Waals surface area contributed by atoms with Crippen LogP contribution in [0.15, 0.2) is 34.9 Å². The Morgan fingerprint density at radius 2 is 2.04 bits per heavy atom. The van der Waals surface area contributed by atoms with Crippen LogP contribution in [0.25, 0.3) is 11.3 Å². The van der Waals surface area contributed by atoms with Crippen LogP contribution in [-0.2, 0) is 16.0 Å². The number of nitrogens with one attached hydrogen (secondary N) is 1. The lowest BCUT2D eigenvalue weighted by atomic mass is 10.2. The molecule has 6 nitrogen and oxygen atoms in total. The van der Waals surface area contributed by atoms with Gasteiger partial charge in [0.1, 0.15) is 5.75 Å². The second-order valence-corrected chi connectivity index (χ2v) is 5.27. The fourth-order valence-electron chi connectivity index (χ4n) is 2.17. The van der Waals surface area contributed by atoms with Gasteiger partial charge >= 0.3 is 0 Å². The van der Waals surface area contributed by atoms with Gasteiger partial charge in [-0.25, -0.2) is 4.98 Å². The highest BCUT2D eigenvalue weighted by Crippen LogP contribution is 2.23. The van der Waals surface area contributed by atoms with Crippen LogP contribution in [0, 0.1) is 0 Å². The minimum absolute atomic E-state index is 0.00748. The summed E-state index contributed by atoms with van der Waals surface area (Å²) in [6.45, 7) is 2.39. The molecular formula is C17H22N2O4. The van der Waals surface area contributed by atoms with Crippen LogP contribution < -0.4 is 10.1 Å². The van der Waals surface area contributed by atoms with Crippen LogP contribution in [0.1, 0.15) is 19.2 Å². The lowest BCUT2D eigenvalue weighted by Gasteiger charge is -2.11. The van der Waals surface area contributed by atoms with E-state index in [4.69, 9.17) is 13.9 Å². The summed E-state index contributed by atoms with van der Waals surface area (Å²) in [5, 5.41) is 2.85. The first kappa shape index (κ1) is 17.0. The van der Waals surface area contributed by atoms with Crippen molar-refractivity contribution in [2.45, 2.75) is 25.8 Å². The molecular weight excluding hydrogens is 296 g/mol. The van der Waals surface area contributed by atoms with Crippen LogP contribution in [0.5, 0.6) is 5.75 Å². The first-order chi connectivity index (χ1) is 11.1. The van der Waals surface area contributed by atoms with Crippen molar-refractivity contribution in [1.82, 2.24) is 10.3 Å². The van der Waals surface area contributed by atoms with Crippen molar-refractivity contribution < 1.29 is 18.7 Å². The third-order valence-corrected chi connectivity index (χ3v) is 3.32. The SMILES string of the molecule is COC[C@H](C)NC(=O)CCc1ncc(-c2ccc(OC)cc2)o1. The predicted octanol–water partition coefficient (Wildman–Crippen LogP) is 2.43. The second-order valence-electron chi connectivity index (χ2n) is 5.27. The summed E-state index contributed by atoms with van der Waals surface area (Å²) in [6.07, 6.45) is 2.46. The van der Waals surface area contributed by atoms with Gasteiger partial charge in [-0.1, -0.05) is 0 Å². The van der Waals surface area contributed by atoms with E-state index in [1.165, 1.54) is 0 Å². The third-order valence-electron chi connectivity index (χ3n) is 3.32. The summed E-state index contributed by atoms with van der Waals surface area (Å²) in [7, 11) is 3.23. The quantitative estimate of drug-likeness (QED) is 0.809. The van der Waals surface area contributed by atoms with E-state index in [2.05, 4.69) is 10.3 Å². The number of aromatic nitrogens is 1. The number of rotatable bonds is 8. The zero-order chi connectivity index (χ0) is 16.7. The van der Waals surface area contributed by atoms with Gasteiger partial charge in [0.2, 0.25) is 5.91 Å². The van der Waals surface area contributed by atoms with Gasteiger partial charge < -0.3 is 19.2 Å². The van der Waals surface area contributed by atoms with E-state index in [-0.39, 0.29) is 11.9 Å². The molecule has 0 unspecified atom stereocenters. The maximum atomic E-state index is 11.8. The summed E-state index contributed by atoms with van der Waals surface area (Å²) in [4.78, 5) is 16.0. The first-order valence-corrected chi connectivity index (χ1v) is 7.49. The van der Waals surface area contributed by atoms with Crippen molar-refractivity contribution in [2.24, 2.45) is 0 Å². The van der Waals surface area contributed by atoms with Gasteiger partial charge in [0.15, 0.2) is 11.7 Å². The lowest BCUT2D eigenvalue weighted by Crippen LogP contribution is -2.35. The molecule has 0 saturated carbocycles. The van der Waals surface area contributed by atoms with Gasteiger partial charge in [-0.15, -0.1) is 0 Å². The molecule has 1 aromatic heterocycles. The number of aryl methyl sites for hydroxylation is 1. The normalized spacial score (nSPS) is 12.0. The van der Waals surface area contributed by atoms with Crippen molar-refractivity contribution in [1.29, 1.82) is 0 Å². The number of hydrogen-bond donors (Lipinski definition) is 1. The Balaban J connectivity index is 1.88. The van der Waals surface area contributed by atoms with E-state index in [0.717, 1.165) is 11.3 Å². The highest BCUT2D eigenvalue weighted by Gasteiger charge is 2.11. The number of amides is 1. The number of benzene rings is 1. The minimum atomic E-state index is -0.0428. The number of methoxy groups -OCH3 is 2.